The third-order valence-corrected chi connectivity index (χ3v) is 8.99. The number of hydrogen-bond acceptors (Lipinski definition) is 0. The first-order chi connectivity index (χ1) is 15.8. The van der Waals surface area contributed by atoms with Crippen LogP contribution in [0.1, 0.15) is 36.8 Å². The Hall–Kier alpha value is -1.27. The first-order valence-electron chi connectivity index (χ1n) is 12.1. The molecule has 2 saturated carbocycles. The van der Waals surface area contributed by atoms with Crippen molar-refractivity contribution in [2.45, 2.75) is 25.7 Å². The van der Waals surface area contributed by atoms with Gasteiger partial charge in [0.15, 0.2) is 0 Å². The van der Waals surface area contributed by atoms with Crippen molar-refractivity contribution in [3.05, 3.63) is 126 Å². The molecule has 6 rings (SSSR count). The second kappa shape index (κ2) is 13.2. The van der Waals surface area contributed by atoms with Crippen LogP contribution in [0.25, 0.3) is 0 Å². The molecular weight excluding hydrogens is 534 g/mol. The maximum absolute atomic E-state index is 2.68. The predicted molar refractivity (Wildman–Crippen MR) is 132 cm³/mol. The van der Waals surface area contributed by atoms with E-state index < -0.39 is 0 Å². The van der Waals surface area contributed by atoms with Gasteiger partial charge in [0.25, 0.3) is 0 Å². The molecule has 0 nitrogen and oxygen atoms in total. The monoisotopic (exact) mass is 563 g/mol. The Morgan fingerprint density at radius 3 is 2.06 bits per heavy atom. The molecule has 2 aromatic carbocycles. The summed E-state index contributed by atoms with van der Waals surface area (Å²) in [7, 11) is 0. The Morgan fingerprint density at radius 2 is 1.44 bits per heavy atom. The van der Waals surface area contributed by atoms with E-state index in [1.54, 1.807) is 5.57 Å². The van der Waals surface area contributed by atoms with Crippen molar-refractivity contribution in [3.63, 3.8) is 0 Å². The summed E-state index contributed by atoms with van der Waals surface area (Å²) in [5.74, 6) is 4.12. The second-order valence-electron chi connectivity index (χ2n) is 9.38. The van der Waals surface area contributed by atoms with Crippen LogP contribution < -0.4 is 24.8 Å². The summed E-state index contributed by atoms with van der Waals surface area (Å²) in [6.45, 7) is 0. The molecule has 2 fully saturated rings. The van der Waals surface area contributed by atoms with Gasteiger partial charge < -0.3 is 31.2 Å². The molecule has 0 amide bonds. The molecular formula is C31H31Cl2Zr-. The van der Waals surface area contributed by atoms with Gasteiger partial charge in [-0.15, -0.1) is 12.0 Å². The summed E-state index contributed by atoms with van der Waals surface area (Å²) in [5.41, 5.74) is 4.36. The van der Waals surface area contributed by atoms with Gasteiger partial charge in [0.2, 0.25) is 0 Å². The van der Waals surface area contributed by atoms with E-state index in [-0.39, 0.29) is 24.8 Å². The summed E-state index contributed by atoms with van der Waals surface area (Å²) in [4.78, 5) is 0. The predicted octanol–water partition coefficient (Wildman–Crippen LogP) is 1.29. The average Bonchev–Trinajstić information content (AvgIpc) is 3.53. The molecule has 0 saturated heterocycles. The molecule has 0 heterocycles. The quantitative estimate of drug-likeness (QED) is 0.493. The Morgan fingerprint density at radius 1 is 0.794 bits per heavy atom. The zero-order valence-electron chi connectivity index (χ0n) is 19.4. The Labute approximate surface area is 232 Å². The van der Waals surface area contributed by atoms with E-state index in [1.165, 1.54) is 64.3 Å². The summed E-state index contributed by atoms with van der Waals surface area (Å²) in [5, 5.41) is 0. The molecule has 0 radical (unpaired) electrons. The van der Waals surface area contributed by atoms with Gasteiger partial charge in [0.05, 0.1) is 0 Å². The van der Waals surface area contributed by atoms with Crippen molar-refractivity contribution in [2.75, 3.05) is 0 Å². The van der Waals surface area contributed by atoms with Crippen LogP contribution in [0.15, 0.2) is 109 Å². The molecule has 4 aliphatic rings. The molecule has 3 heteroatoms. The maximum atomic E-state index is 2.68. The summed E-state index contributed by atoms with van der Waals surface area (Å²) < 4.78 is 1.42. The molecule has 34 heavy (non-hydrogen) atoms. The Balaban J connectivity index is 0.000000186. The molecule has 0 bridgehead atoms. The minimum atomic E-state index is 0. The molecule has 0 N–H and O–H groups in total. The van der Waals surface area contributed by atoms with E-state index in [9.17, 15) is 0 Å². The minimum absolute atomic E-state index is 0. The van der Waals surface area contributed by atoms with Gasteiger partial charge >= 0.3 is 99.2 Å². The normalized spacial score (nSPS) is 27.8. The summed E-state index contributed by atoms with van der Waals surface area (Å²) >= 11 is 1.46. The number of fused-ring (bicyclic) bond motifs is 3. The van der Waals surface area contributed by atoms with Gasteiger partial charge in [-0.3, -0.25) is 0 Å². The van der Waals surface area contributed by atoms with E-state index >= 15 is 0 Å². The standard InChI is InChI=1S/C18H21.C13H10.2ClH.Zr/c1-2-7-13(6-1)15-10-5-11-17-16-9-4-3-8-14(16)12-18(15)17;1-3-7-12(8-4-1)11-13-9-5-2-6-10-13;;;/h1-4,6,8-9,12,14-18H,5,7,10-11H2;1-10H;2*1H;/q-1;;;;+2/p-2. The van der Waals surface area contributed by atoms with Crippen LogP contribution in [-0.2, 0) is 24.2 Å². The van der Waals surface area contributed by atoms with Crippen molar-refractivity contribution in [2.24, 2.45) is 29.6 Å². The first-order valence-corrected chi connectivity index (χ1v) is 13.3. The molecule has 0 aliphatic heterocycles. The van der Waals surface area contributed by atoms with Crippen LogP contribution >= 0.6 is 0 Å². The van der Waals surface area contributed by atoms with Gasteiger partial charge in [-0.05, 0) is 24.7 Å². The number of halogens is 2. The third kappa shape index (κ3) is 6.10. The summed E-state index contributed by atoms with van der Waals surface area (Å²) in [6.07, 6.45) is 24.5. The van der Waals surface area contributed by atoms with Gasteiger partial charge in [0, 0.05) is 0 Å². The molecule has 0 aromatic heterocycles. The topological polar surface area (TPSA) is 0 Å². The van der Waals surface area contributed by atoms with Gasteiger partial charge in [-0.2, -0.15) is 5.92 Å². The fourth-order valence-electron chi connectivity index (χ4n) is 6.05. The average molecular weight is 566 g/mol. The van der Waals surface area contributed by atoms with E-state index in [0.29, 0.717) is 0 Å². The number of allylic oxidation sites excluding steroid dienone is 8. The summed E-state index contributed by atoms with van der Waals surface area (Å²) in [6, 6.07) is 21.1. The SMILES string of the molecule is C1=CCC(C2CCCC3C4C=CC=CC4[CH-]C23)=C1.[Cl-].[Cl-].[Zr+2]=[C](c1ccccc1)c1ccccc1. The molecule has 5 unspecified atom stereocenters. The molecule has 0 spiro atoms. The third-order valence-electron chi connectivity index (χ3n) is 7.57. The van der Waals surface area contributed by atoms with Gasteiger partial charge in [-0.1, -0.05) is 60.8 Å². The van der Waals surface area contributed by atoms with Crippen LogP contribution in [0.4, 0.5) is 0 Å². The van der Waals surface area contributed by atoms with Crippen LogP contribution in [0, 0.1) is 36.0 Å². The van der Waals surface area contributed by atoms with E-state index in [2.05, 4.69) is 110 Å². The van der Waals surface area contributed by atoms with Gasteiger partial charge in [0.1, 0.15) is 0 Å². The number of benzene rings is 2. The van der Waals surface area contributed by atoms with Crippen LogP contribution in [0.5, 0.6) is 0 Å². The number of rotatable bonds is 3. The zero-order chi connectivity index (χ0) is 21.8. The Kier molecular flexibility index (Phi) is 10.6. The molecule has 174 valence electrons. The molecule has 4 aliphatic carbocycles. The van der Waals surface area contributed by atoms with Crippen molar-refractivity contribution < 1.29 is 49.0 Å². The molecule has 2 aromatic rings. The van der Waals surface area contributed by atoms with Crippen LogP contribution in [0.2, 0.25) is 0 Å². The molecule has 5 atom stereocenters. The van der Waals surface area contributed by atoms with Gasteiger partial charge in [-0.25, -0.2) is 0 Å². The van der Waals surface area contributed by atoms with Crippen LogP contribution in [0.3, 0.4) is 0 Å². The first kappa shape index (κ1) is 27.3. The fourth-order valence-corrected chi connectivity index (χ4v) is 6.87. The second-order valence-corrected chi connectivity index (χ2v) is 10.6. The zero-order valence-corrected chi connectivity index (χ0v) is 23.3. The van der Waals surface area contributed by atoms with Crippen molar-refractivity contribution in [3.8, 4) is 0 Å². The van der Waals surface area contributed by atoms with Crippen molar-refractivity contribution in [1.29, 1.82) is 0 Å². The van der Waals surface area contributed by atoms with E-state index in [4.69, 9.17) is 0 Å². The van der Waals surface area contributed by atoms with Crippen LogP contribution in [-0.4, -0.2) is 3.21 Å². The number of hydrogen-bond donors (Lipinski definition) is 0. The van der Waals surface area contributed by atoms with E-state index in [0.717, 1.165) is 29.6 Å². The van der Waals surface area contributed by atoms with E-state index in [1.807, 2.05) is 0 Å². The fraction of sp³-hybridized carbons (Fsp3) is 0.290. The van der Waals surface area contributed by atoms with Crippen molar-refractivity contribution >= 4 is 3.21 Å². The Bertz CT molecular complexity index is 1010. The van der Waals surface area contributed by atoms with Crippen molar-refractivity contribution in [1.82, 2.24) is 0 Å².